The lowest BCUT2D eigenvalue weighted by Crippen LogP contribution is -2.17. The predicted molar refractivity (Wildman–Crippen MR) is 179 cm³/mol. The first-order valence-corrected chi connectivity index (χ1v) is 15.2. The number of pyridine rings is 2. The Morgan fingerprint density at radius 2 is 1.45 bits per heavy atom. The number of nitrogens with zero attached hydrogens (tertiary/aromatic N) is 4. The first-order valence-electron chi connectivity index (χ1n) is 15.2. The molecular weight excluding hydrogens is 540 g/mol. The lowest BCUT2D eigenvalue weighted by Gasteiger charge is -2.22. The van der Waals surface area contributed by atoms with Crippen LogP contribution in [0.5, 0.6) is 11.5 Å². The van der Waals surface area contributed by atoms with E-state index in [9.17, 15) is 0 Å². The Hall–Kier alpha value is -4.90. The van der Waals surface area contributed by atoms with E-state index in [0.717, 1.165) is 45.3 Å². The van der Waals surface area contributed by atoms with Crippen LogP contribution in [-0.4, -0.2) is 14.1 Å². The molecule has 0 N–H and O–H groups in total. The van der Waals surface area contributed by atoms with Crippen LogP contribution in [0, 0.1) is 6.20 Å². The Morgan fingerprint density at radius 1 is 0.705 bits per heavy atom. The molecule has 0 saturated heterocycles. The molecule has 4 heterocycles. The monoisotopic (exact) mass is 578 g/mol. The third-order valence-corrected chi connectivity index (χ3v) is 8.51. The maximum absolute atomic E-state index is 6.70. The average Bonchev–Trinajstić information content (AvgIpc) is 3.50. The molecule has 220 valence electrons. The summed E-state index contributed by atoms with van der Waals surface area (Å²) in [6.07, 6.45) is 7.49. The molecule has 0 atom stereocenters. The molecule has 0 unspecified atom stereocenters. The Morgan fingerprint density at radius 3 is 2.23 bits per heavy atom. The summed E-state index contributed by atoms with van der Waals surface area (Å²) in [5.74, 6) is 2.48. The van der Waals surface area contributed by atoms with E-state index >= 15 is 0 Å². The van der Waals surface area contributed by atoms with E-state index in [2.05, 4.69) is 149 Å². The number of ether oxygens (including phenoxy) is 1. The topological polar surface area (TPSA) is 36.1 Å². The van der Waals surface area contributed by atoms with E-state index in [1.54, 1.807) is 0 Å². The molecule has 0 saturated carbocycles. The molecule has 44 heavy (non-hydrogen) atoms. The Kier molecular flexibility index (Phi) is 6.40. The van der Waals surface area contributed by atoms with E-state index in [1.807, 2.05) is 22.9 Å². The molecule has 0 amide bonds. The fourth-order valence-electron chi connectivity index (χ4n) is 6.00. The van der Waals surface area contributed by atoms with Crippen molar-refractivity contribution in [3.63, 3.8) is 0 Å². The third kappa shape index (κ3) is 4.83. The first kappa shape index (κ1) is 27.9. The summed E-state index contributed by atoms with van der Waals surface area (Å²) in [4.78, 5) is 4.83. The van der Waals surface area contributed by atoms with Gasteiger partial charge in [0.1, 0.15) is 17.3 Å². The van der Waals surface area contributed by atoms with Crippen molar-refractivity contribution in [2.24, 2.45) is 7.05 Å². The van der Waals surface area contributed by atoms with Crippen LogP contribution in [0.3, 0.4) is 0 Å². The van der Waals surface area contributed by atoms with Gasteiger partial charge in [0.15, 0.2) is 0 Å². The van der Waals surface area contributed by atoms with Crippen molar-refractivity contribution < 1.29 is 9.14 Å². The van der Waals surface area contributed by atoms with Crippen molar-refractivity contribution in [3.05, 3.63) is 121 Å². The molecule has 4 aromatic heterocycles. The standard InChI is InChI=1S/C39H38N4O/c1-38(2,3)27-17-18-40-36(23-27)43-33-13-9-8-12-31(33)32-16-15-29(24-34(32)43)44-30-21-26(20-28(22-30)39(4,5)6)35-25-42-19-11-10-14-37(42)41(35)7/h8-24H,1-7H3. The molecule has 7 aromatic rings. The van der Waals surface area contributed by atoms with Gasteiger partial charge < -0.3 is 9.14 Å². The molecule has 0 aliphatic rings. The highest BCUT2D eigenvalue weighted by atomic mass is 16.5. The summed E-state index contributed by atoms with van der Waals surface area (Å²) >= 11 is 0. The van der Waals surface area contributed by atoms with Gasteiger partial charge in [-0.25, -0.2) is 4.98 Å². The second-order valence-corrected chi connectivity index (χ2v) is 13.7. The van der Waals surface area contributed by atoms with E-state index in [1.165, 1.54) is 21.9 Å². The number of imidazole rings is 1. The maximum Gasteiger partial charge on any atom is 0.205 e. The number of hydrogen-bond donors (Lipinski definition) is 0. The lowest BCUT2D eigenvalue weighted by molar-refractivity contribution is -0.514. The van der Waals surface area contributed by atoms with E-state index in [-0.39, 0.29) is 10.8 Å². The number of benzene rings is 3. The molecule has 0 bridgehead atoms. The number of para-hydroxylation sites is 1. The van der Waals surface area contributed by atoms with Crippen LogP contribution >= 0.6 is 0 Å². The summed E-state index contributed by atoms with van der Waals surface area (Å²) in [5, 5.41) is 2.36. The number of aromatic nitrogens is 4. The van der Waals surface area contributed by atoms with Gasteiger partial charge in [0, 0.05) is 29.2 Å². The second-order valence-electron chi connectivity index (χ2n) is 13.7. The van der Waals surface area contributed by atoms with Crippen LogP contribution in [0.1, 0.15) is 52.7 Å². The largest absolute Gasteiger partial charge is 0.458 e. The maximum atomic E-state index is 6.70. The predicted octanol–water partition coefficient (Wildman–Crippen LogP) is 9.11. The van der Waals surface area contributed by atoms with E-state index in [0.29, 0.717) is 0 Å². The molecule has 0 aliphatic carbocycles. The van der Waals surface area contributed by atoms with Gasteiger partial charge in [-0.15, -0.1) is 0 Å². The SMILES string of the molecule is Cn1c(-c2cc(Oc3ccc4c5ccccc5n(-c5cc(C(C)(C)C)ccn5)c4c3)cc(C(C)(C)C)c2)[c-][n+]2ccccc12. The van der Waals surface area contributed by atoms with Gasteiger partial charge in [-0.3, -0.25) is 9.13 Å². The molecule has 0 spiro atoms. The quantitative estimate of drug-likeness (QED) is 0.154. The zero-order valence-electron chi connectivity index (χ0n) is 26.5. The van der Waals surface area contributed by atoms with Crippen LogP contribution in [0.15, 0.2) is 103 Å². The molecule has 0 radical (unpaired) electrons. The Balaban J connectivity index is 1.37. The van der Waals surface area contributed by atoms with Crippen LogP contribution in [0.25, 0.3) is 44.5 Å². The fraction of sp³-hybridized carbons (Fsp3) is 0.231. The summed E-state index contributed by atoms with van der Waals surface area (Å²) in [6, 6.07) is 31.9. The summed E-state index contributed by atoms with van der Waals surface area (Å²) in [7, 11) is 2.08. The summed E-state index contributed by atoms with van der Waals surface area (Å²) in [6.45, 7) is 13.4. The first-order chi connectivity index (χ1) is 21.0. The van der Waals surface area contributed by atoms with E-state index in [4.69, 9.17) is 9.72 Å². The molecule has 5 heteroatoms. The zero-order valence-corrected chi connectivity index (χ0v) is 26.5. The van der Waals surface area contributed by atoms with Crippen LogP contribution in [0.4, 0.5) is 0 Å². The Bertz CT molecular complexity index is 2190. The lowest BCUT2D eigenvalue weighted by atomic mass is 9.85. The minimum Gasteiger partial charge on any atom is -0.458 e. The normalized spacial score (nSPS) is 12.4. The van der Waals surface area contributed by atoms with Gasteiger partial charge in [-0.05, 0) is 76.1 Å². The highest BCUT2D eigenvalue weighted by Crippen LogP contribution is 2.38. The average molecular weight is 579 g/mol. The minimum atomic E-state index is -0.0635. The number of rotatable bonds is 4. The third-order valence-electron chi connectivity index (χ3n) is 8.51. The van der Waals surface area contributed by atoms with Crippen molar-refractivity contribution in [1.82, 2.24) is 14.1 Å². The van der Waals surface area contributed by atoms with Gasteiger partial charge in [0.2, 0.25) is 5.65 Å². The zero-order chi connectivity index (χ0) is 30.8. The van der Waals surface area contributed by atoms with Crippen LogP contribution in [0.2, 0.25) is 0 Å². The molecule has 7 rings (SSSR count). The molecular formula is C39H38N4O. The van der Waals surface area contributed by atoms with Gasteiger partial charge in [0.05, 0.1) is 30.0 Å². The molecule has 0 fully saturated rings. The summed E-state index contributed by atoms with van der Waals surface area (Å²) < 4.78 is 13.2. The van der Waals surface area contributed by atoms with Crippen molar-refractivity contribution in [1.29, 1.82) is 0 Å². The van der Waals surface area contributed by atoms with Gasteiger partial charge in [-0.1, -0.05) is 77.9 Å². The summed E-state index contributed by atoms with van der Waals surface area (Å²) in [5.41, 5.74) is 7.74. The molecule has 0 aliphatic heterocycles. The number of hydrogen-bond acceptors (Lipinski definition) is 2. The van der Waals surface area contributed by atoms with Gasteiger partial charge >= 0.3 is 0 Å². The highest BCUT2D eigenvalue weighted by Gasteiger charge is 2.20. The molecule has 5 nitrogen and oxygen atoms in total. The number of fused-ring (bicyclic) bond motifs is 4. The van der Waals surface area contributed by atoms with Crippen molar-refractivity contribution in [2.45, 2.75) is 52.4 Å². The van der Waals surface area contributed by atoms with Crippen molar-refractivity contribution in [3.8, 4) is 28.6 Å². The van der Waals surface area contributed by atoms with Crippen molar-refractivity contribution in [2.75, 3.05) is 0 Å². The van der Waals surface area contributed by atoms with Crippen LogP contribution in [-0.2, 0) is 17.9 Å². The Labute approximate surface area is 259 Å². The van der Waals surface area contributed by atoms with Gasteiger partial charge in [0.25, 0.3) is 0 Å². The van der Waals surface area contributed by atoms with Gasteiger partial charge in [-0.2, -0.15) is 0 Å². The highest BCUT2D eigenvalue weighted by molar-refractivity contribution is 6.09. The second kappa shape index (κ2) is 10.1. The fourth-order valence-corrected chi connectivity index (χ4v) is 6.00. The van der Waals surface area contributed by atoms with Crippen molar-refractivity contribution >= 4 is 27.5 Å². The number of aryl methyl sites for hydroxylation is 1. The van der Waals surface area contributed by atoms with E-state index < -0.39 is 0 Å². The smallest absolute Gasteiger partial charge is 0.205 e. The molecule has 3 aromatic carbocycles. The van der Waals surface area contributed by atoms with Crippen LogP contribution < -0.4 is 9.14 Å². The minimum absolute atomic E-state index is 0.0145.